The molecule has 0 unspecified atom stereocenters. The summed E-state index contributed by atoms with van der Waals surface area (Å²) in [4.78, 5) is 11.6. The van der Waals surface area contributed by atoms with Crippen LogP contribution in [0.25, 0.3) is 0 Å². The normalized spacial score (nSPS) is 19.9. The molecule has 7 heteroatoms. The number of piperazine rings is 1. The number of hydrogen-bond donors (Lipinski definition) is 1. The molecule has 0 saturated carbocycles. The van der Waals surface area contributed by atoms with Crippen LogP contribution in [0.2, 0.25) is 0 Å². The summed E-state index contributed by atoms with van der Waals surface area (Å²) >= 11 is 0. The maximum Gasteiger partial charge on any atom is 0.193 e. The molecule has 2 fully saturated rings. The van der Waals surface area contributed by atoms with Crippen LogP contribution in [0.5, 0.6) is 0 Å². The number of nitrogens with zero attached hydrogens (tertiary/aromatic N) is 4. The van der Waals surface area contributed by atoms with Gasteiger partial charge in [-0.2, -0.15) is 0 Å². The number of ether oxygens (including phenoxy) is 1. The van der Waals surface area contributed by atoms with Crippen LogP contribution in [0.4, 0.5) is 10.1 Å². The summed E-state index contributed by atoms with van der Waals surface area (Å²) in [6.07, 6.45) is 2.46. The molecule has 6 nitrogen and oxygen atoms in total. The highest BCUT2D eigenvalue weighted by atomic mass is 19.1. The van der Waals surface area contributed by atoms with E-state index >= 15 is 0 Å². The average molecular weight is 392 g/mol. The van der Waals surface area contributed by atoms with Crippen molar-refractivity contribution in [2.75, 3.05) is 78.0 Å². The van der Waals surface area contributed by atoms with Crippen molar-refractivity contribution in [2.45, 2.75) is 12.8 Å². The van der Waals surface area contributed by atoms with Crippen molar-refractivity contribution in [1.82, 2.24) is 15.1 Å². The fourth-order valence-electron chi connectivity index (χ4n) is 4.03. The van der Waals surface area contributed by atoms with E-state index in [4.69, 9.17) is 4.74 Å². The Bertz CT molecular complexity index is 608. The van der Waals surface area contributed by atoms with Gasteiger partial charge in [0.2, 0.25) is 0 Å². The highest BCUT2D eigenvalue weighted by molar-refractivity contribution is 5.80. The van der Waals surface area contributed by atoms with Gasteiger partial charge in [-0.1, -0.05) is 0 Å². The van der Waals surface area contributed by atoms with Crippen LogP contribution < -0.4 is 10.2 Å². The van der Waals surface area contributed by atoms with Gasteiger partial charge in [0.25, 0.3) is 0 Å². The molecule has 0 bridgehead atoms. The van der Waals surface area contributed by atoms with Gasteiger partial charge in [-0.25, -0.2) is 4.39 Å². The first kappa shape index (κ1) is 20.9. The van der Waals surface area contributed by atoms with Gasteiger partial charge >= 0.3 is 0 Å². The summed E-state index contributed by atoms with van der Waals surface area (Å²) in [5, 5.41) is 3.59. The molecule has 2 saturated heterocycles. The molecule has 0 aliphatic carbocycles. The second-order valence-corrected chi connectivity index (χ2v) is 7.66. The van der Waals surface area contributed by atoms with Crippen molar-refractivity contribution in [2.24, 2.45) is 10.9 Å². The quantitative estimate of drug-likeness (QED) is 0.593. The van der Waals surface area contributed by atoms with Crippen molar-refractivity contribution in [3.63, 3.8) is 0 Å². The van der Waals surface area contributed by atoms with Crippen molar-refractivity contribution in [3.8, 4) is 0 Å². The maximum absolute atomic E-state index is 13.1. The number of aliphatic imine (C=N–C) groups is 1. The lowest BCUT2D eigenvalue weighted by atomic mass is 9.97. The predicted octanol–water partition coefficient (Wildman–Crippen LogP) is 1.88. The summed E-state index contributed by atoms with van der Waals surface area (Å²) in [7, 11) is 3.63. The number of halogens is 1. The predicted molar refractivity (Wildman–Crippen MR) is 113 cm³/mol. The highest BCUT2D eigenvalue weighted by Crippen LogP contribution is 2.18. The van der Waals surface area contributed by atoms with Crippen LogP contribution >= 0.6 is 0 Å². The minimum atomic E-state index is -0.184. The van der Waals surface area contributed by atoms with Gasteiger partial charge in [-0.15, -0.1) is 0 Å². The van der Waals surface area contributed by atoms with E-state index in [1.807, 2.05) is 19.2 Å². The maximum atomic E-state index is 13.1. The Morgan fingerprint density at radius 3 is 2.39 bits per heavy atom. The first-order valence-electron chi connectivity index (χ1n) is 10.4. The van der Waals surface area contributed by atoms with Crippen molar-refractivity contribution >= 4 is 11.6 Å². The van der Waals surface area contributed by atoms with E-state index in [1.165, 1.54) is 25.0 Å². The number of benzene rings is 1. The van der Waals surface area contributed by atoms with E-state index in [-0.39, 0.29) is 5.82 Å². The molecule has 28 heavy (non-hydrogen) atoms. The van der Waals surface area contributed by atoms with E-state index < -0.39 is 0 Å². The standard InChI is InChI=1S/C21H34FN5O/c1-23-21(24-17-18-7-9-25(10-8-18)15-16-28-2)27-13-11-26(12-14-27)20-5-3-19(22)4-6-20/h3-6,18H,7-17H2,1-2H3,(H,23,24). The Balaban J connectivity index is 1.40. The van der Waals surface area contributed by atoms with Crippen molar-refractivity contribution in [3.05, 3.63) is 30.1 Å². The SMILES string of the molecule is CN=C(NCC1CCN(CCOC)CC1)N1CCN(c2ccc(F)cc2)CC1. The molecule has 1 aromatic carbocycles. The van der Waals surface area contributed by atoms with Crippen LogP contribution in [0.1, 0.15) is 12.8 Å². The smallest absolute Gasteiger partial charge is 0.193 e. The number of hydrogen-bond acceptors (Lipinski definition) is 4. The summed E-state index contributed by atoms with van der Waals surface area (Å²) in [6.45, 7) is 8.85. The first-order valence-corrected chi connectivity index (χ1v) is 10.4. The van der Waals surface area contributed by atoms with Gasteiger partial charge in [0.1, 0.15) is 5.82 Å². The Hall–Kier alpha value is -1.86. The zero-order valence-electron chi connectivity index (χ0n) is 17.2. The second kappa shape index (κ2) is 10.6. The molecule has 0 amide bonds. The van der Waals surface area contributed by atoms with Gasteiger partial charge in [0, 0.05) is 59.1 Å². The van der Waals surface area contributed by atoms with Crippen LogP contribution in [0.3, 0.4) is 0 Å². The number of anilines is 1. The molecule has 1 aromatic rings. The minimum absolute atomic E-state index is 0.184. The Labute approximate surface area is 168 Å². The van der Waals surface area contributed by atoms with E-state index in [9.17, 15) is 4.39 Å². The summed E-state index contributed by atoms with van der Waals surface area (Å²) in [5.41, 5.74) is 1.09. The Morgan fingerprint density at radius 2 is 1.79 bits per heavy atom. The number of rotatable bonds is 6. The van der Waals surface area contributed by atoms with Crippen molar-refractivity contribution in [1.29, 1.82) is 0 Å². The highest BCUT2D eigenvalue weighted by Gasteiger charge is 2.22. The summed E-state index contributed by atoms with van der Waals surface area (Å²) in [6, 6.07) is 6.78. The topological polar surface area (TPSA) is 43.3 Å². The number of likely N-dealkylation sites (tertiary alicyclic amines) is 1. The van der Waals surface area contributed by atoms with Gasteiger partial charge in [0.15, 0.2) is 5.96 Å². The second-order valence-electron chi connectivity index (χ2n) is 7.66. The summed E-state index contributed by atoms with van der Waals surface area (Å²) in [5.74, 6) is 1.52. The Kier molecular flexibility index (Phi) is 7.91. The van der Waals surface area contributed by atoms with Crippen LogP contribution in [0, 0.1) is 11.7 Å². The molecular formula is C21H34FN5O. The van der Waals surface area contributed by atoms with E-state index in [0.29, 0.717) is 5.92 Å². The number of nitrogens with one attached hydrogen (secondary N) is 1. The molecule has 2 aliphatic heterocycles. The zero-order valence-corrected chi connectivity index (χ0v) is 17.2. The molecule has 0 spiro atoms. The van der Waals surface area contributed by atoms with E-state index in [2.05, 4.69) is 25.0 Å². The lowest BCUT2D eigenvalue weighted by Crippen LogP contribution is -2.53. The van der Waals surface area contributed by atoms with Crippen LogP contribution in [-0.4, -0.2) is 88.9 Å². The van der Waals surface area contributed by atoms with E-state index in [1.54, 1.807) is 7.11 Å². The third-order valence-electron chi connectivity index (χ3n) is 5.85. The summed E-state index contributed by atoms with van der Waals surface area (Å²) < 4.78 is 18.3. The Morgan fingerprint density at radius 1 is 1.11 bits per heavy atom. The third-order valence-corrected chi connectivity index (χ3v) is 5.85. The van der Waals surface area contributed by atoms with Crippen LogP contribution in [0.15, 0.2) is 29.3 Å². The largest absolute Gasteiger partial charge is 0.383 e. The lowest BCUT2D eigenvalue weighted by Gasteiger charge is -2.38. The van der Waals surface area contributed by atoms with Crippen molar-refractivity contribution < 1.29 is 9.13 Å². The third kappa shape index (κ3) is 5.82. The molecule has 3 rings (SSSR count). The van der Waals surface area contributed by atoms with Gasteiger partial charge in [-0.05, 0) is 56.1 Å². The molecule has 1 N–H and O–H groups in total. The monoisotopic (exact) mass is 391 g/mol. The first-order chi connectivity index (χ1) is 13.7. The number of methoxy groups -OCH3 is 1. The molecule has 2 aliphatic rings. The number of piperidine rings is 1. The molecule has 156 valence electrons. The molecular weight excluding hydrogens is 357 g/mol. The minimum Gasteiger partial charge on any atom is -0.383 e. The molecule has 0 radical (unpaired) electrons. The average Bonchev–Trinajstić information content (AvgIpc) is 2.74. The number of guanidine groups is 1. The van der Waals surface area contributed by atoms with Gasteiger partial charge in [-0.3, -0.25) is 4.99 Å². The van der Waals surface area contributed by atoms with E-state index in [0.717, 1.165) is 70.6 Å². The molecule has 0 aromatic heterocycles. The fraction of sp³-hybridized carbons (Fsp3) is 0.667. The van der Waals surface area contributed by atoms with Gasteiger partial charge in [0.05, 0.1) is 6.61 Å². The molecule has 2 heterocycles. The van der Waals surface area contributed by atoms with Crippen LogP contribution in [-0.2, 0) is 4.74 Å². The van der Waals surface area contributed by atoms with Gasteiger partial charge < -0.3 is 24.8 Å². The molecule has 0 atom stereocenters. The lowest BCUT2D eigenvalue weighted by molar-refractivity contribution is 0.120. The zero-order chi connectivity index (χ0) is 19.8. The fourth-order valence-corrected chi connectivity index (χ4v) is 4.03.